The molecule has 1 aromatic carbocycles. The van der Waals surface area contributed by atoms with Crippen LogP contribution in [-0.4, -0.2) is 43.2 Å². The largest absolute Gasteiger partial charge is 0.341 e. The third-order valence-electron chi connectivity index (χ3n) is 3.75. The monoisotopic (exact) mass is 359 g/mol. The van der Waals surface area contributed by atoms with Crippen molar-refractivity contribution in [3.8, 4) is 0 Å². The summed E-state index contributed by atoms with van der Waals surface area (Å²) in [7, 11) is 1.73. The number of hydrogen-bond donors (Lipinski definition) is 0. The minimum atomic E-state index is -0.286. The Morgan fingerprint density at radius 1 is 1.24 bits per heavy atom. The van der Waals surface area contributed by atoms with Crippen LogP contribution in [0.1, 0.15) is 17.0 Å². The number of carbonyl (C=O) groups is 1. The normalized spacial score (nSPS) is 11.0. The Morgan fingerprint density at radius 2 is 1.96 bits per heavy atom. The molecule has 0 atom stereocenters. The van der Waals surface area contributed by atoms with Crippen molar-refractivity contribution in [2.75, 3.05) is 12.8 Å². The van der Waals surface area contributed by atoms with Crippen LogP contribution in [0.15, 0.2) is 35.5 Å². The molecule has 0 saturated heterocycles. The number of fused-ring (bicyclic) bond motifs is 1. The molecule has 25 heavy (non-hydrogen) atoms. The predicted octanol–water partition coefficient (Wildman–Crippen LogP) is 2.63. The molecular weight excluding hydrogens is 341 g/mol. The summed E-state index contributed by atoms with van der Waals surface area (Å²) in [6.07, 6.45) is 0. The first-order valence-corrected chi connectivity index (χ1v) is 8.73. The molecule has 0 bridgehead atoms. The summed E-state index contributed by atoms with van der Waals surface area (Å²) in [6.45, 7) is 4.29. The van der Waals surface area contributed by atoms with E-state index >= 15 is 0 Å². The van der Waals surface area contributed by atoms with Gasteiger partial charge >= 0.3 is 0 Å². The molecule has 1 amide bonds. The van der Waals surface area contributed by atoms with Crippen molar-refractivity contribution < 1.29 is 9.18 Å². The first-order chi connectivity index (χ1) is 11.9. The van der Waals surface area contributed by atoms with Gasteiger partial charge in [-0.05, 0) is 37.6 Å². The quantitative estimate of drug-likeness (QED) is 0.655. The minimum absolute atomic E-state index is 0.0381. The average molecular weight is 359 g/mol. The molecule has 0 spiro atoms. The number of amides is 1. The molecule has 0 radical (unpaired) electrons. The van der Waals surface area contributed by atoms with Crippen molar-refractivity contribution in [2.45, 2.75) is 25.5 Å². The predicted molar refractivity (Wildman–Crippen MR) is 93.9 cm³/mol. The topological polar surface area (TPSA) is 63.4 Å². The number of carbonyl (C=O) groups excluding carboxylic acids is 1. The molecule has 3 rings (SSSR count). The second-order valence-electron chi connectivity index (χ2n) is 5.82. The van der Waals surface area contributed by atoms with Crippen LogP contribution in [0.2, 0.25) is 0 Å². The Morgan fingerprint density at radius 3 is 2.68 bits per heavy atom. The third kappa shape index (κ3) is 3.96. The van der Waals surface area contributed by atoms with Crippen LogP contribution < -0.4 is 0 Å². The molecular formula is C17H18FN5OS. The molecule has 0 unspecified atom stereocenters. The van der Waals surface area contributed by atoms with Crippen molar-refractivity contribution in [3.05, 3.63) is 53.1 Å². The molecule has 0 N–H and O–H groups in total. The molecule has 3 aromatic rings. The number of benzene rings is 1. The Labute approximate surface area is 149 Å². The van der Waals surface area contributed by atoms with Crippen molar-refractivity contribution in [1.82, 2.24) is 24.5 Å². The highest BCUT2D eigenvalue weighted by Crippen LogP contribution is 2.19. The van der Waals surface area contributed by atoms with Gasteiger partial charge in [-0.15, -0.1) is 10.2 Å². The number of nitrogens with zero attached hydrogens (tertiary/aromatic N) is 5. The van der Waals surface area contributed by atoms with Gasteiger partial charge in [-0.3, -0.25) is 9.20 Å². The van der Waals surface area contributed by atoms with E-state index in [0.717, 1.165) is 17.0 Å². The molecule has 0 fully saturated rings. The molecule has 0 aliphatic heterocycles. The summed E-state index contributed by atoms with van der Waals surface area (Å²) in [5.74, 6) is 0.452. The number of aromatic nitrogens is 4. The van der Waals surface area contributed by atoms with Gasteiger partial charge in [0.15, 0.2) is 5.16 Å². The van der Waals surface area contributed by atoms with Crippen LogP contribution in [0.5, 0.6) is 0 Å². The van der Waals surface area contributed by atoms with Gasteiger partial charge in [0.2, 0.25) is 5.91 Å². The number of hydrogen-bond acceptors (Lipinski definition) is 5. The van der Waals surface area contributed by atoms with Crippen LogP contribution in [0.25, 0.3) is 5.78 Å². The standard InChI is InChI=1S/C17H18FN5OS/c1-11-8-12(2)23-16(19-11)20-21-17(23)25-10-15(24)22(3)9-13-4-6-14(18)7-5-13/h4-8H,9-10H2,1-3H3. The van der Waals surface area contributed by atoms with Crippen molar-refractivity contribution in [3.63, 3.8) is 0 Å². The highest BCUT2D eigenvalue weighted by molar-refractivity contribution is 7.99. The molecule has 0 aliphatic rings. The summed E-state index contributed by atoms with van der Waals surface area (Å²) in [6, 6.07) is 8.08. The lowest BCUT2D eigenvalue weighted by atomic mass is 10.2. The number of halogens is 1. The Balaban J connectivity index is 1.65. The molecule has 2 heterocycles. The SMILES string of the molecule is Cc1cc(C)n2c(SCC(=O)N(C)Cc3ccc(F)cc3)nnc2n1. The van der Waals surface area contributed by atoms with E-state index in [1.807, 2.05) is 24.3 Å². The number of aryl methyl sites for hydroxylation is 2. The summed E-state index contributed by atoms with van der Waals surface area (Å²) in [4.78, 5) is 18.3. The fourth-order valence-electron chi connectivity index (χ4n) is 2.48. The van der Waals surface area contributed by atoms with E-state index in [9.17, 15) is 9.18 Å². The van der Waals surface area contributed by atoms with E-state index < -0.39 is 0 Å². The van der Waals surface area contributed by atoms with E-state index in [1.165, 1.54) is 23.9 Å². The summed E-state index contributed by atoms with van der Waals surface area (Å²) in [5.41, 5.74) is 2.73. The van der Waals surface area contributed by atoms with Crippen molar-refractivity contribution in [2.24, 2.45) is 0 Å². The zero-order valence-electron chi connectivity index (χ0n) is 14.2. The van der Waals surface area contributed by atoms with Gasteiger partial charge in [-0.1, -0.05) is 23.9 Å². The van der Waals surface area contributed by atoms with E-state index in [1.54, 1.807) is 24.1 Å². The zero-order valence-corrected chi connectivity index (χ0v) is 15.0. The van der Waals surface area contributed by atoms with Gasteiger partial charge in [-0.2, -0.15) is 0 Å². The summed E-state index contributed by atoms with van der Waals surface area (Å²) < 4.78 is 14.8. The Kier molecular flexibility index (Phi) is 4.98. The lowest BCUT2D eigenvalue weighted by molar-refractivity contribution is -0.127. The lowest BCUT2D eigenvalue weighted by Gasteiger charge is -2.16. The number of rotatable bonds is 5. The fourth-order valence-corrected chi connectivity index (χ4v) is 3.41. The van der Waals surface area contributed by atoms with Gasteiger partial charge in [0, 0.05) is 25.0 Å². The van der Waals surface area contributed by atoms with Crippen LogP contribution in [-0.2, 0) is 11.3 Å². The first kappa shape index (κ1) is 17.3. The highest BCUT2D eigenvalue weighted by atomic mass is 32.2. The van der Waals surface area contributed by atoms with Crippen molar-refractivity contribution >= 4 is 23.4 Å². The van der Waals surface area contributed by atoms with E-state index in [4.69, 9.17) is 0 Å². The second kappa shape index (κ2) is 7.18. The van der Waals surface area contributed by atoms with Crippen LogP contribution in [0.3, 0.4) is 0 Å². The first-order valence-electron chi connectivity index (χ1n) is 7.74. The maximum atomic E-state index is 12.9. The molecule has 6 nitrogen and oxygen atoms in total. The third-order valence-corrected chi connectivity index (χ3v) is 4.66. The molecule has 0 aliphatic carbocycles. The maximum Gasteiger partial charge on any atom is 0.256 e. The van der Waals surface area contributed by atoms with Crippen molar-refractivity contribution in [1.29, 1.82) is 0 Å². The summed E-state index contributed by atoms with van der Waals surface area (Å²) in [5, 5.41) is 8.83. The Bertz CT molecular complexity index is 909. The van der Waals surface area contributed by atoms with Crippen LogP contribution in [0, 0.1) is 19.7 Å². The Hall–Kier alpha value is -2.48. The minimum Gasteiger partial charge on any atom is -0.341 e. The van der Waals surface area contributed by atoms with Gasteiger partial charge in [-0.25, -0.2) is 9.37 Å². The van der Waals surface area contributed by atoms with E-state index in [0.29, 0.717) is 17.5 Å². The summed E-state index contributed by atoms with van der Waals surface area (Å²) >= 11 is 1.32. The molecule has 8 heteroatoms. The molecule has 0 saturated carbocycles. The smallest absolute Gasteiger partial charge is 0.256 e. The van der Waals surface area contributed by atoms with Gasteiger partial charge in [0.25, 0.3) is 5.78 Å². The van der Waals surface area contributed by atoms with Gasteiger partial charge < -0.3 is 4.90 Å². The average Bonchev–Trinajstić information content (AvgIpc) is 2.97. The maximum absolute atomic E-state index is 12.9. The highest BCUT2D eigenvalue weighted by Gasteiger charge is 2.14. The molecule has 130 valence electrons. The van der Waals surface area contributed by atoms with E-state index in [2.05, 4.69) is 15.2 Å². The molecule has 2 aromatic heterocycles. The number of thioether (sulfide) groups is 1. The van der Waals surface area contributed by atoms with Gasteiger partial charge in [0.1, 0.15) is 5.82 Å². The second-order valence-corrected chi connectivity index (χ2v) is 6.76. The van der Waals surface area contributed by atoms with E-state index in [-0.39, 0.29) is 17.5 Å². The fraction of sp³-hybridized carbons (Fsp3) is 0.294. The zero-order chi connectivity index (χ0) is 18.0. The van der Waals surface area contributed by atoms with Crippen LogP contribution >= 0.6 is 11.8 Å². The van der Waals surface area contributed by atoms with Crippen LogP contribution in [0.4, 0.5) is 4.39 Å². The lowest BCUT2D eigenvalue weighted by Crippen LogP contribution is -2.27. The van der Waals surface area contributed by atoms with Gasteiger partial charge in [0.05, 0.1) is 5.75 Å².